The summed E-state index contributed by atoms with van der Waals surface area (Å²) < 4.78 is 0. The molecule has 1 amide bonds. The fourth-order valence-electron chi connectivity index (χ4n) is 2.97. The van der Waals surface area contributed by atoms with Gasteiger partial charge in [-0.3, -0.25) is 9.59 Å². The summed E-state index contributed by atoms with van der Waals surface area (Å²) in [6.45, 7) is 5.95. The Labute approximate surface area is 119 Å². The Hall–Kier alpha value is -1.84. The third-order valence-corrected chi connectivity index (χ3v) is 4.31. The molecule has 0 saturated heterocycles. The number of carboxylic acid groups (broad SMARTS) is 1. The minimum absolute atomic E-state index is 0.171. The van der Waals surface area contributed by atoms with Gasteiger partial charge in [0.1, 0.15) is 0 Å². The predicted octanol–water partition coefficient (Wildman–Crippen LogP) is 2.99. The zero-order chi connectivity index (χ0) is 14.9. The SMILES string of the molecule is Cc1cccc(NC(=O)C2CC(C)CC2C(=O)O)c1C. The van der Waals surface area contributed by atoms with E-state index in [9.17, 15) is 14.7 Å². The highest BCUT2D eigenvalue weighted by Gasteiger charge is 2.41. The number of nitrogens with one attached hydrogen (secondary N) is 1. The van der Waals surface area contributed by atoms with Crippen LogP contribution in [0.3, 0.4) is 0 Å². The molecule has 4 nitrogen and oxygen atoms in total. The first kappa shape index (κ1) is 14.6. The number of hydrogen-bond donors (Lipinski definition) is 2. The molecule has 0 spiro atoms. The lowest BCUT2D eigenvalue weighted by atomic mass is 9.95. The van der Waals surface area contributed by atoms with Crippen LogP contribution in [0.15, 0.2) is 18.2 Å². The van der Waals surface area contributed by atoms with Crippen molar-refractivity contribution < 1.29 is 14.7 Å². The lowest BCUT2D eigenvalue weighted by Gasteiger charge is -2.17. The minimum Gasteiger partial charge on any atom is -0.481 e. The van der Waals surface area contributed by atoms with Gasteiger partial charge in [0.25, 0.3) is 0 Å². The molecule has 0 radical (unpaired) electrons. The zero-order valence-corrected chi connectivity index (χ0v) is 12.1. The quantitative estimate of drug-likeness (QED) is 0.891. The van der Waals surface area contributed by atoms with Crippen molar-refractivity contribution in [2.75, 3.05) is 5.32 Å². The van der Waals surface area contributed by atoms with E-state index in [1.165, 1.54) is 0 Å². The van der Waals surface area contributed by atoms with Crippen LogP contribution in [-0.4, -0.2) is 17.0 Å². The third kappa shape index (κ3) is 2.84. The number of carboxylic acids is 1. The van der Waals surface area contributed by atoms with Crippen molar-refractivity contribution in [3.63, 3.8) is 0 Å². The number of carbonyl (C=O) groups is 2. The van der Waals surface area contributed by atoms with Crippen molar-refractivity contribution in [1.82, 2.24) is 0 Å². The van der Waals surface area contributed by atoms with E-state index >= 15 is 0 Å². The van der Waals surface area contributed by atoms with Crippen LogP contribution < -0.4 is 5.32 Å². The highest BCUT2D eigenvalue weighted by molar-refractivity contribution is 5.96. The Balaban J connectivity index is 2.15. The highest BCUT2D eigenvalue weighted by Crippen LogP contribution is 2.37. The fraction of sp³-hybridized carbons (Fsp3) is 0.500. The van der Waals surface area contributed by atoms with E-state index in [1.54, 1.807) is 0 Å². The molecule has 0 aliphatic heterocycles. The van der Waals surface area contributed by atoms with Gasteiger partial charge in [-0.2, -0.15) is 0 Å². The number of hydrogen-bond acceptors (Lipinski definition) is 2. The molecule has 0 aromatic heterocycles. The summed E-state index contributed by atoms with van der Waals surface area (Å²) in [7, 11) is 0. The van der Waals surface area contributed by atoms with Gasteiger partial charge in [0.05, 0.1) is 11.8 Å². The van der Waals surface area contributed by atoms with Crippen LogP contribution in [0.5, 0.6) is 0 Å². The number of anilines is 1. The van der Waals surface area contributed by atoms with Gasteiger partial charge >= 0.3 is 5.97 Å². The molecule has 20 heavy (non-hydrogen) atoms. The van der Waals surface area contributed by atoms with Crippen LogP contribution >= 0.6 is 0 Å². The summed E-state index contributed by atoms with van der Waals surface area (Å²) in [5.74, 6) is -1.74. The zero-order valence-electron chi connectivity index (χ0n) is 12.1. The first-order chi connectivity index (χ1) is 9.40. The average molecular weight is 275 g/mol. The molecule has 1 fully saturated rings. The van der Waals surface area contributed by atoms with Crippen LogP contribution in [0.4, 0.5) is 5.69 Å². The van der Waals surface area contributed by atoms with Gasteiger partial charge in [-0.15, -0.1) is 0 Å². The Morgan fingerprint density at radius 3 is 2.50 bits per heavy atom. The normalized spacial score (nSPS) is 25.4. The van der Waals surface area contributed by atoms with Crippen LogP contribution in [0, 0.1) is 31.6 Å². The van der Waals surface area contributed by atoms with E-state index in [-0.39, 0.29) is 11.8 Å². The van der Waals surface area contributed by atoms with Crippen LogP contribution in [0.2, 0.25) is 0 Å². The molecule has 1 aromatic rings. The van der Waals surface area contributed by atoms with Crippen molar-refractivity contribution in [3.8, 4) is 0 Å². The lowest BCUT2D eigenvalue weighted by molar-refractivity contribution is -0.145. The number of aliphatic carboxylic acids is 1. The molecule has 1 aromatic carbocycles. The summed E-state index contributed by atoms with van der Waals surface area (Å²) in [5, 5.41) is 12.1. The van der Waals surface area contributed by atoms with Crippen LogP contribution in [-0.2, 0) is 9.59 Å². The summed E-state index contributed by atoms with van der Waals surface area (Å²) in [6, 6.07) is 5.74. The fourth-order valence-corrected chi connectivity index (χ4v) is 2.97. The molecular formula is C16H21NO3. The molecule has 3 atom stereocenters. The summed E-state index contributed by atoms with van der Waals surface area (Å²) in [5.41, 5.74) is 2.91. The molecule has 2 rings (SSSR count). The first-order valence-electron chi connectivity index (χ1n) is 7.00. The second-order valence-corrected chi connectivity index (χ2v) is 5.86. The van der Waals surface area contributed by atoms with E-state index in [1.807, 2.05) is 39.0 Å². The van der Waals surface area contributed by atoms with Gasteiger partial charge in [-0.05, 0) is 49.8 Å². The first-order valence-corrected chi connectivity index (χ1v) is 7.00. The number of benzene rings is 1. The molecule has 0 heterocycles. The van der Waals surface area contributed by atoms with E-state index in [2.05, 4.69) is 5.32 Å². The number of rotatable bonds is 3. The summed E-state index contributed by atoms with van der Waals surface area (Å²) in [4.78, 5) is 23.6. The van der Waals surface area contributed by atoms with Crippen molar-refractivity contribution in [1.29, 1.82) is 0 Å². The van der Waals surface area contributed by atoms with E-state index in [0.29, 0.717) is 12.8 Å². The van der Waals surface area contributed by atoms with Gasteiger partial charge in [0, 0.05) is 5.69 Å². The maximum absolute atomic E-state index is 12.4. The van der Waals surface area contributed by atoms with Gasteiger partial charge in [0.2, 0.25) is 5.91 Å². The number of amides is 1. The van der Waals surface area contributed by atoms with Crippen molar-refractivity contribution >= 4 is 17.6 Å². The van der Waals surface area contributed by atoms with Crippen molar-refractivity contribution in [2.24, 2.45) is 17.8 Å². The van der Waals surface area contributed by atoms with Gasteiger partial charge in [-0.25, -0.2) is 0 Å². The Bertz CT molecular complexity index is 539. The Kier molecular flexibility index (Phi) is 4.12. The summed E-state index contributed by atoms with van der Waals surface area (Å²) in [6.07, 6.45) is 1.23. The minimum atomic E-state index is -0.865. The Morgan fingerprint density at radius 1 is 1.20 bits per heavy atom. The molecule has 0 bridgehead atoms. The van der Waals surface area contributed by atoms with Crippen molar-refractivity contribution in [3.05, 3.63) is 29.3 Å². The topological polar surface area (TPSA) is 66.4 Å². The second-order valence-electron chi connectivity index (χ2n) is 5.86. The van der Waals surface area contributed by atoms with Gasteiger partial charge in [-0.1, -0.05) is 19.1 Å². The molecule has 2 N–H and O–H groups in total. The van der Waals surface area contributed by atoms with Crippen LogP contribution in [0.1, 0.15) is 30.9 Å². The molecule has 1 aliphatic carbocycles. The average Bonchev–Trinajstić information content (AvgIpc) is 2.77. The Morgan fingerprint density at radius 2 is 1.85 bits per heavy atom. The standard InChI is InChI=1S/C16H21NO3/c1-9-7-12(13(8-9)16(19)20)15(18)17-14-6-4-5-10(2)11(14)3/h4-6,9,12-13H,7-8H2,1-3H3,(H,17,18)(H,19,20). The smallest absolute Gasteiger partial charge is 0.307 e. The lowest BCUT2D eigenvalue weighted by Crippen LogP contribution is -2.30. The van der Waals surface area contributed by atoms with E-state index in [4.69, 9.17) is 0 Å². The molecule has 4 heteroatoms. The molecule has 1 aliphatic rings. The van der Waals surface area contributed by atoms with E-state index < -0.39 is 17.8 Å². The predicted molar refractivity (Wildman–Crippen MR) is 77.6 cm³/mol. The van der Waals surface area contributed by atoms with Gasteiger partial charge in [0.15, 0.2) is 0 Å². The molecule has 1 saturated carbocycles. The molecular weight excluding hydrogens is 254 g/mol. The summed E-state index contributed by atoms with van der Waals surface area (Å²) >= 11 is 0. The molecule has 3 unspecified atom stereocenters. The number of aryl methyl sites for hydroxylation is 1. The van der Waals surface area contributed by atoms with Crippen molar-refractivity contribution in [2.45, 2.75) is 33.6 Å². The monoisotopic (exact) mass is 275 g/mol. The highest BCUT2D eigenvalue weighted by atomic mass is 16.4. The van der Waals surface area contributed by atoms with Crippen LogP contribution in [0.25, 0.3) is 0 Å². The maximum atomic E-state index is 12.4. The largest absolute Gasteiger partial charge is 0.481 e. The number of carbonyl (C=O) groups excluding carboxylic acids is 1. The van der Waals surface area contributed by atoms with Gasteiger partial charge < -0.3 is 10.4 Å². The molecule has 108 valence electrons. The second kappa shape index (κ2) is 5.65. The maximum Gasteiger partial charge on any atom is 0.307 e. The van der Waals surface area contributed by atoms with E-state index in [0.717, 1.165) is 16.8 Å². The third-order valence-electron chi connectivity index (χ3n) is 4.31.